The molecule has 0 fully saturated rings. The summed E-state index contributed by atoms with van der Waals surface area (Å²) in [6.45, 7) is 3.00. The first-order chi connectivity index (χ1) is 6.45. The van der Waals surface area contributed by atoms with Gasteiger partial charge in [0.15, 0.2) is 5.69 Å². The van der Waals surface area contributed by atoms with Crippen LogP contribution in [0.4, 0.5) is 13.2 Å². The summed E-state index contributed by atoms with van der Waals surface area (Å²) in [7, 11) is 1.50. The highest BCUT2D eigenvalue weighted by atomic mass is 35.5. The number of hydrogen-bond donors (Lipinski definition) is 1. The summed E-state index contributed by atoms with van der Waals surface area (Å²) in [6.07, 6.45) is -4.36. The van der Waals surface area contributed by atoms with E-state index in [4.69, 9.17) is 0 Å². The Morgan fingerprint density at radius 2 is 2.07 bits per heavy atom. The summed E-state index contributed by atoms with van der Waals surface area (Å²) < 4.78 is 37.9. The molecule has 15 heavy (non-hydrogen) atoms. The lowest BCUT2D eigenvalue weighted by Crippen LogP contribution is -2.14. The van der Waals surface area contributed by atoms with Gasteiger partial charge in [0.05, 0.1) is 5.69 Å². The Bertz CT molecular complexity index is 309. The normalized spacial score (nSPS) is 11.3. The number of alkyl halides is 3. The molecule has 0 saturated carbocycles. The molecule has 0 aliphatic heterocycles. The van der Waals surface area contributed by atoms with Crippen LogP contribution in [-0.2, 0) is 19.8 Å². The molecule has 1 aromatic rings. The quantitative estimate of drug-likeness (QED) is 0.880. The first kappa shape index (κ1) is 14.2. The van der Waals surface area contributed by atoms with Crippen molar-refractivity contribution in [2.45, 2.75) is 19.6 Å². The Morgan fingerprint density at radius 3 is 2.47 bits per heavy atom. The van der Waals surface area contributed by atoms with E-state index >= 15 is 0 Å². The highest BCUT2D eigenvalue weighted by Crippen LogP contribution is 2.28. The second kappa shape index (κ2) is 5.37. The maximum absolute atomic E-state index is 12.2. The van der Waals surface area contributed by atoms with E-state index in [0.717, 1.165) is 6.07 Å². The molecule has 0 unspecified atom stereocenters. The van der Waals surface area contributed by atoms with Gasteiger partial charge in [0.2, 0.25) is 0 Å². The van der Waals surface area contributed by atoms with Crippen molar-refractivity contribution in [2.24, 2.45) is 7.05 Å². The lowest BCUT2D eigenvalue weighted by atomic mass is 10.3. The van der Waals surface area contributed by atoms with Gasteiger partial charge in [-0.25, -0.2) is 0 Å². The predicted molar refractivity (Wildman–Crippen MR) is 52.8 cm³/mol. The van der Waals surface area contributed by atoms with Crippen LogP contribution < -0.4 is 5.32 Å². The van der Waals surface area contributed by atoms with Gasteiger partial charge in [-0.05, 0) is 12.6 Å². The van der Waals surface area contributed by atoms with Crippen molar-refractivity contribution < 1.29 is 13.2 Å². The Hall–Kier alpha value is -0.750. The van der Waals surface area contributed by atoms with Crippen LogP contribution in [0.2, 0.25) is 0 Å². The van der Waals surface area contributed by atoms with Crippen molar-refractivity contribution in [3.63, 3.8) is 0 Å². The van der Waals surface area contributed by atoms with E-state index in [2.05, 4.69) is 10.4 Å². The fraction of sp³-hybridized carbons (Fsp3) is 0.625. The molecular formula is C8H13ClF3N3. The summed E-state index contributed by atoms with van der Waals surface area (Å²) in [5.41, 5.74) is -0.313. The smallest absolute Gasteiger partial charge is 0.311 e. The van der Waals surface area contributed by atoms with Gasteiger partial charge < -0.3 is 5.32 Å². The number of nitrogens with one attached hydrogen (secondary N) is 1. The van der Waals surface area contributed by atoms with Crippen LogP contribution in [0.3, 0.4) is 0 Å². The molecule has 1 N–H and O–H groups in total. The second-order valence-corrected chi connectivity index (χ2v) is 2.92. The monoisotopic (exact) mass is 243 g/mol. The lowest BCUT2D eigenvalue weighted by molar-refractivity contribution is -0.141. The minimum atomic E-state index is -4.36. The zero-order valence-corrected chi connectivity index (χ0v) is 9.24. The average Bonchev–Trinajstić information content (AvgIpc) is 2.43. The average molecular weight is 244 g/mol. The van der Waals surface area contributed by atoms with Crippen LogP contribution >= 0.6 is 12.4 Å². The molecule has 1 rings (SSSR count). The number of nitrogens with zero attached hydrogens (tertiary/aromatic N) is 2. The molecule has 1 heterocycles. The molecule has 0 aliphatic carbocycles. The van der Waals surface area contributed by atoms with Gasteiger partial charge in [0, 0.05) is 13.6 Å². The van der Waals surface area contributed by atoms with Gasteiger partial charge in [0.25, 0.3) is 0 Å². The summed E-state index contributed by atoms with van der Waals surface area (Å²) >= 11 is 0. The van der Waals surface area contributed by atoms with E-state index in [-0.39, 0.29) is 12.4 Å². The maximum atomic E-state index is 12.2. The highest BCUT2D eigenvalue weighted by molar-refractivity contribution is 5.85. The molecule has 0 aromatic carbocycles. The molecule has 0 aliphatic rings. The third-order valence-electron chi connectivity index (χ3n) is 1.82. The number of halogens is 4. The summed E-state index contributed by atoms with van der Waals surface area (Å²) in [5, 5.41) is 6.33. The van der Waals surface area contributed by atoms with E-state index in [0.29, 0.717) is 18.8 Å². The van der Waals surface area contributed by atoms with Crippen LogP contribution in [0.25, 0.3) is 0 Å². The zero-order chi connectivity index (χ0) is 10.8. The van der Waals surface area contributed by atoms with E-state index in [1.807, 2.05) is 6.92 Å². The highest BCUT2D eigenvalue weighted by Gasteiger charge is 2.34. The van der Waals surface area contributed by atoms with Crippen molar-refractivity contribution in [2.75, 3.05) is 6.54 Å². The fourth-order valence-corrected chi connectivity index (χ4v) is 1.06. The number of hydrogen-bond acceptors (Lipinski definition) is 2. The van der Waals surface area contributed by atoms with Gasteiger partial charge >= 0.3 is 6.18 Å². The first-order valence-corrected chi connectivity index (χ1v) is 4.26. The lowest BCUT2D eigenvalue weighted by Gasteiger charge is -2.00. The Balaban J connectivity index is 0.00000196. The van der Waals surface area contributed by atoms with Crippen LogP contribution in [0.15, 0.2) is 6.07 Å². The first-order valence-electron chi connectivity index (χ1n) is 4.26. The Labute approximate surface area is 92.1 Å². The molecule has 0 atom stereocenters. The molecule has 0 bridgehead atoms. The molecule has 0 spiro atoms. The van der Waals surface area contributed by atoms with Crippen LogP contribution in [0.5, 0.6) is 0 Å². The fourth-order valence-electron chi connectivity index (χ4n) is 1.06. The third-order valence-corrected chi connectivity index (χ3v) is 1.82. The van der Waals surface area contributed by atoms with Gasteiger partial charge in [-0.1, -0.05) is 6.92 Å². The largest absolute Gasteiger partial charge is 0.435 e. The molecule has 7 heteroatoms. The molecule has 0 amide bonds. The predicted octanol–water partition coefficient (Wildman–Crippen LogP) is 1.97. The summed E-state index contributed by atoms with van der Waals surface area (Å²) in [6, 6.07) is 1.06. The van der Waals surface area contributed by atoms with Crippen molar-refractivity contribution in [3.8, 4) is 0 Å². The van der Waals surface area contributed by atoms with Crippen molar-refractivity contribution in [1.29, 1.82) is 0 Å². The van der Waals surface area contributed by atoms with Crippen LogP contribution in [0.1, 0.15) is 18.3 Å². The van der Waals surface area contributed by atoms with E-state index < -0.39 is 11.9 Å². The van der Waals surface area contributed by atoms with Gasteiger partial charge in [-0.2, -0.15) is 18.3 Å². The van der Waals surface area contributed by atoms with E-state index in [1.165, 1.54) is 11.7 Å². The third kappa shape index (κ3) is 3.71. The standard InChI is InChI=1S/C8H12F3N3.ClH/c1-3-12-5-6-4-7(8(9,10)11)13-14(6)2;/h4,12H,3,5H2,1-2H3;1H. The second-order valence-electron chi connectivity index (χ2n) is 2.92. The van der Waals surface area contributed by atoms with Gasteiger partial charge in [0.1, 0.15) is 0 Å². The van der Waals surface area contributed by atoms with E-state index in [9.17, 15) is 13.2 Å². The number of rotatable bonds is 3. The molecule has 3 nitrogen and oxygen atoms in total. The van der Waals surface area contributed by atoms with Crippen LogP contribution in [0, 0.1) is 0 Å². The topological polar surface area (TPSA) is 29.9 Å². The number of aromatic nitrogens is 2. The van der Waals surface area contributed by atoms with Gasteiger partial charge in [-0.3, -0.25) is 4.68 Å². The Morgan fingerprint density at radius 1 is 1.47 bits per heavy atom. The zero-order valence-electron chi connectivity index (χ0n) is 8.43. The van der Waals surface area contributed by atoms with Gasteiger partial charge in [-0.15, -0.1) is 12.4 Å². The Kier molecular flexibility index (Phi) is 5.10. The minimum Gasteiger partial charge on any atom is -0.311 e. The van der Waals surface area contributed by atoms with Crippen LogP contribution in [-0.4, -0.2) is 16.3 Å². The molecular weight excluding hydrogens is 231 g/mol. The summed E-state index contributed by atoms with van der Waals surface area (Å²) in [5.74, 6) is 0. The molecule has 88 valence electrons. The maximum Gasteiger partial charge on any atom is 0.435 e. The van der Waals surface area contributed by atoms with E-state index in [1.54, 1.807) is 0 Å². The van der Waals surface area contributed by atoms with Crippen molar-refractivity contribution in [1.82, 2.24) is 15.1 Å². The SMILES string of the molecule is CCNCc1cc(C(F)(F)F)nn1C.Cl. The van der Waals surface area contributed by atoms with Crippen molar-refractivity contribution >= 4 is 12.4 Å². The molecule has 0 saturated heterocycles. The van der Waals surface area contributed by atoms with Crippen molar-refractivity contribution in [3.05, 3.63) is 17.5 Å². The molecule has 1 aromatic heterocycles. The molecule has 0 radical (unpaired) electrons. The number of aryl methyl sites for hydroxylation is 1. The summed E-state index contributed by atoms with van der Waals surface area (Å²) in [4.78, 5) is 0. The minimum absolute atomic E-state index is 0.